The van der Waals surface area contributed by atoms with Crippen LogP contribution in [0.5, 0.6) is 5.75 Å². The van der Waals surface area contributed by atoms with Gasteiger partial charge in [-0.1, -0.05) is 20.3 Å². The van der Waals surface area contributed by atoms with Gasteiger partial charge in [0.15, 0.2) is 5.69 Å². The van der Waals surface area contributed by atoms with Crippen molar-refractivity contribution >= 4 is 15.7 Å². The zero-order chi connectivity index (χ0) is 25.9. The van der Waals surface area contributed by atoms with Crippen LogP contribution < -0.4 is 10.3 Å². The van der Waals surface area contributed by atoms with E-state index in [1.54, 1.807) is 6.07 Å². The second-order valence-corrected chi connectivity index (χ2v) is 11.2. The number of azo groups is 1. The molecule has 196 valence electrons. The molecule has 0 amide bonds. The van der Waals surface area contributed by atoms with Crippen molar-refractivity contribution in [2.45, 2.75) is 50.5 Å². The van der Waals surface area contributed by atoms with E-state index in [2.05, 4.69) is 15.2 Å². The van der Waals surface area contributed by atoms with E-state index in [0.717, 1.165) is 12.8 Å². The highest BCUT2D eigenvalue weighted by Crippen LogP contribution is 2.41. The number of rotatable bonds is 10. The molecule has 1 fully saturated rings. The van der Waals surface area contributed by atoms with Crippen molar-refractivity contribution < 1.29 is 18.3 Å². The minimum Gasteiger partial charge on any atom is -0.493 e. The number of benzene rings is 1. The number of aliphatic hydroxyl groups is 1. The van der Waals surface area contributed by atoms with Crippen LogP contribution in [0.4, 0.5) is 5.69 Å². The van der Waals surface area contributed by atoms with Crippen LogP contribution in [0.3, 0.4) is 0 Å². The molecule has 0 spiro atoms. The Balaban J connectivity index is 1.75. The van der Waals surface area contributed by atoms with Crippen LogP contribution in [-0.2, 0) is 15.6 Å². The number of ether oxygens (including phenoxy) is 1. The molecule has 1 atom stereocenters. The largest absolute Gasteiger partial charge is 0.493 e. The third-order valence-electron chi connectivity index (χ3n) is 6.57. The maximum atomic E-state index is 13.5. The lowest BCUT2D eigenvalue weighted by atomic mass is 9.93. The van der Waals surface area contributed by atoms with Gasteiger partial charge in [0.05, 0.1) is 23.7 Å². The highest BCUT2D eigenvalue weighted by Gasteiger charge is 2.37. The van der Waals surface area contributed by atoms with E-state index in [-0.39, 0.29) is 23.0 Å². The van der Waals surface area contributed by atoms with Gasteiger partial charge < -0.3 is 14.8 Å². The number of β-amino-alcohol motifs (C(OH)–C–C–N with tert-alkyl or cyclic N) is 1. The number of nitrogens with zero attached hydrogens (tertiary/aromatic N) is 5. The van der Waals surface area contributed by atoms with Crippen molar-refractivity contribution in [2.75, 3.05) is 45.9 Å². The minimum absolute atomic E-state index is 0.0408. The summed E-state index contributed by atoms with van der Waals surface area (Å²) in [4.78, 5) is 22.5. The van der Waals surface area contributed by atoms with Gasteiger partial charge >= 0.3 is 0 Å². The summed E-state index contributed by atoms with van der Waals surface area (Å²) in [7, 11) is -3.79. The number of piperazine rings is 1. The van der Waals surface area contributed by atoms with E-state index >= 15 is 0 Å². The third-order valence-corrected chi connectivity index (χ3v) is 8.46. The Hall–Kier alpha value is -2.67. The lowest BCUT2D eigenvalue weighted by Gasteiger charge is -2.33. The normalized spacial score (nSPS) is 20.6. The highest BCUT2D eigenvalue weighted by atomic mass is 32.2. The predicted molar refractivity (Wildman–Crippen MR) is 135 cm³/mol. The molecular formula is C24H34N6O5S. The van der Waals surface area contributed by atoms with E-state index in [0.29, 0.717) is 62.8 Å². The Labute approximate surface area is 211 Å². The first kappa shape index (κ1) is 26.4. The van der Waals surface area contributed by atoms with Gasteiger partial charge in [0.1, 0.15) is 22.8 Å². The summed E-state index contributed by atoms with van der Waals surface area (Å²) in [5, 5.41) is 17.6. The molecule has 1 aromatic carbocycles. The molecule has 2 aliphatic heterocycles. The summed E-state index contributed by atoms with van der Waals surface area (Å²) in [6, 6.07) is 4.67. The molecule has 4 rings (SSSR count). The standard InChI is InChI=1S/C24H34N6O5S/c1-4-8-24(3)21-20(27-28-24)23(32)26-22(25-21)18-16-17(6-7-19(18)35-15-5-2)36(33,34)30-11-9-29(10-12-30)13-14-31/h6-7,16,31H,4-5,8-15H2,1-3H3,(H,25,26,32). The smallest absolute Gasteiger partial charge is 0.279 e. The van der Waals surface area contributed by atoms with E-state index in [4.69, 9.17) is 14.8 Å². The molecule has 0 radical (unpaired) electrons. The molecule has 3 heterocycles. The van der Waals surface area contributed by atoms with Gasteiger partial charge in [-0.15, -0.1) is 5.11 Å². The quantitative estimate of drug-likeness (QED) is 0.493. The lowest BCUT2D eigenvalue weighted by molar-refractivity contribution is 0.151. The molecule has 2 aliphatic rings. The fourth-order valence-corrected chi connectivity index (χ4v) is 6.05. The van der Waals surface area contributed by atoms with Gasteiger partial charge in [0.2, 0.25) is 10.0 Å². The van der Waals surface area contributed by atoms with Gasteiger partial charge in [-0.3, -0.25) is 9.69 Å². The molecule has 11 nitrogen and oxygen atoms in total. The first-order valence-corrected chi connectivity index (χ1v) is 13.9. The average molecular weight is 519 g/mol. The number of sulfonamides is 1. The van der Waals surface area contributed by atoms with Crippen LogP contribution in [0.25, 0.3) is 11.4 Å². The number of nitrogens with one attached hydrogen (secondary N) is 1. The Morgan fingerprint density at radius 3 is 2.58 bits per heavy atom. The number of aromatic amines is 1. The summed E-state index contributed by atoms with van der Waals surface area (Å²) in [5.74, 6) is 0.667. The summed E-state index contributed by atoms with van der Waals surface area (Å²) in [6.45, 7) is 8.65. The zero-order valence-corrected chi connectivity index (χ0v) is 21.8. The molecule has 0 aliphatic carbocycles. The maximum Gasteiger partial charge on any atom is 0.279 e. The molecule has 1 unspecified atom stereocenters. The lowest BCUT2D eigenvalue weighted by Crippen LogP contribution is -2.49. The van der Waals surface area contributed by atoms with Crippen molar-refractivity contribution in [1.82, 2.24) is 19.2 Å². The van der Waals surface area contributed by atoms with Crippen LogP contribution >= 0.6 is 0 Å². The Bertz CT molecular complexity index is 1290. The molecular weight excluding hydrogens is 484 g/mol. The number of aliphatic hydroxyl groups excluding tert-OH is 1. The van der Waals surface area contributed by atoms with Gasteiger partial charge in [0.25, 0.3) is 5.56 Å². The van der Waals surface area contributed by atoms with Crippen LogP contribution in [0.1, 0.15) is 45.7 Å². The summed E-state index contributed by atoms with van der Waals surface area (Å²) >= 11 is 0. The monoisotopic (exact) mass is 518 g/mol. The number of fused-ring (bicyclic) bond motifs is 1. The van der Waals surface area contributed by atoms with Crippen LogP contribution in [0, 0.1) is 0 Å². The second-order valence-electron chi connectivity index (χ2n) is 9.31. The highest BCUT2D eigenvalue weighted by molar-refractivity contribution is 7.89. The molecule has 0 saturated carbocycles. The fraction of sp³-hybridized carbons (Fsp3) is 0.583. The van der Waals surface area contributed by atoms with Gasteiger partial charge in [-0.2, -0.15) is 9.42 Å². The van der Waals surface area contributed by atoms with Gasteiger partial charge in [-0.05, 0) is 38.0 Å². The number of hydrogen-bond acceptors (Lipinski definition) is 9. The second kappa shape index (κ2) is 10.8. The van der Waals surface area contributed by atoms with Crippen LogP contribution in [-0.4, -0.2) is 78.6 Å². The van der Waals surface area contributed by atoms with Crippen molar-refractivity contribution in [3.8, 4) is 17.1 Å². The zero-order valence-electron chi connectivity index (χ0n) is 21.0. The van der Waals surface area contributed by atoms with E-state index < -0.39 is 21.1 Å². The van der Waals surface area contributed by atoms with E-state index in [9.17, 15) is 13.2 Å². The number of H-pyrrole nitrogens is 1. The van der Waals surface area contributed by atoms with Crippen molar-refractivity contribution in [3.63, 3.8) is 0 Å². The van der Waals surface area contributed by atoms with Crippen molar-refractivity contribution in [3.05, 3.63) is 34.2 Å². The molecule has 1 aromatic heterocycles. The third kappa shape index (κ3) is 5.08. The van der Waals surface area contributed by atoms with Crippen molar-refractivity contribution in [2.24, 2.45) is 10.2 Å². The number of hydrogen-bond donors (Lipinski definition) is 2. The first-order chi connectivity index (χ1) is 17.2. The summed E-state index contributed by atoms with van der Waals surface area (Å²) in [5.41, 5.74) is -0.0643. The molecule has 2 N–H and O–H groups in total. The molecule has 0 bridgehead atoms. The SMILES string of the molecule is CCCOc1ccc(S(=O)(=O)N2CCN(CCO)CC2)cc1-c1nc2c(c(=O)[nH]1)N=NC2(C)CCC. The topological polar surface area (TPSA) is 141 Å². The average Bonchev–Trinajstić information content (AvgIpc) is 3.20. The molecule has 12 heteroatoms. The van der Waals surface area contributed by atoms with E-state index in [1.165, 1.54) is 16.4 Å². The fourth-order valence-electron chi connectivity index (χ4n) is 4.60. The Morgan fingerprint density at radius 2 is 1.92 bits per heavy atom. The van der Waals surface area contributed by atoms with Crippen molar-refractivity contribution in [1.29, 1.82) is 0 Å². The van der Waals surface area contributed by atoms with Crippen LogP contribution in [0.15, 0.2) is 38.1 Å². The van der Waals surface area contributed by atoms with Gasteiger partial charge in [-0.25, -0.2) is 13.4 Å². The molecule has 1 saturated heterocycles. The molecule has 2 aromatic rings. The number of aromatic nitrogens is 2. The Kier molecular flexibility index (Phi) is 7.88. The van der Waals surface area contributed by atoms with E-state index in [1.807, 2.05) is 25.7 Å². The summed E-state index contributed by atoms with van der Waals surface area (Å²) in [6.07, 6.45) is 2.27. The minimum atomic E-state index is -3.79. The van der Waals surface area contributed by atoms with Crippen LogP contribution in [0.2, 0.25) is 0 Å². The predicted octanol–water partition coefficient (Wildman–Crippen LogP) is 2.64. The Morgan fingerprint density at radius 1 is 1.17 bits per heavy atom. The summed E-state index contributed by atoms with van der Waals surface area (Å²) < 4.78 is 34.3. The molecule has 36 heavy (non-hydrogen) atoms. The first-order valence-electron chi connectivity index (χ1n) is 12.4. The van der Waals surface area contributed by atoms with Gasteiger partial charge in [0, 0.05) is 32.7 Å². The maximum absolute atomic E-state index is 13.5.